The van der Waals surface area contributed by atoms with E-state index in [9.17, 15) is 13.2 Å². The maximum Gasteiger partial charge on any atom is 0.269 e. The predicted molar refractivity (Wildman–Crippen MR) is 121 cm³/mol. The molecule has 0 aliphatic heterocycles. The highest BCUT2D eigenvalue weighted by Gasteiger charge is 2.35. The number of benzene rings is 1. The van der Waals surface area contributed by atoms with Crippen molar-refractivity contribution in [2.24, 2.45) is 11.8 Å². The lowest BCUT2D eigenvalue weighted by atomic mass is 10.0. The molecule has 3 N–H and O–H groups in total. The molecule has 0 unspecified atom stereocenters. The fraction of sp³-hybridized carbons (Fsp3) is 0.524. The zero-order chi connectivity index (χ0) is 21.7. The summed E-state index contributed by atoms with van der Waals surface area (Å²) in [7, 11) is -3.56. The fourth-order valence-corrected chi connectivity index (χ4v) is 5.94. The van der Waals surface area contributed by atoms with Crippen LogP contribution in [-0.4, -0.2) is 42.9 Å². The zero-order valence-electron chi connectivity index (χ0n) is 17.4. The topological polar surface area (TPSA) is 90.5 Å². The van der Waals surface area contributed by atoms with Gasteiger partial charge in [-0.15, -0.1) is 0 Å². The van der Waals surface area contributed by atoms with Gasteiger partial charge in [-0.2, -0.15) is 4.31 Å². The molecule has 7 nitrogen and oxygen atoms in total. The number of hydrazine groups is 1. The van der Waals surface area contributed by atoms with E-state index < -0.39 is 10.0 Å². The molecular weight excluding hydrogens is 420 g/mol. The molecule has 9 heteroatoms. The first kappa shape index (κ1) is 22.7. The number of nitrogens with one attached hydrogen (secondary N) is 3. The molecule has 1 amide bonds. The largest absolute Gasteiger partial charge is 0.358 e. The Kier molecular flexibility index (Phi) is 7.49. The van der Waals surface area contributed by atoms with E-state index in [0.717, 1.165) is 25.7 Å². The predicted octanol–water partition coefficient (Wildman–Crippen LogP) is 2.57. The Balaban J connectivity index is 1.54. The summed E-state index contributed by atoms with van der Waals surface area (Å²) in [5.74, 6) is 0.750. The van der Waals surface area contributed by atoms with Crippen molar-refractivity contribution in [3.05, 3.63) is 42.0 Å². The summed E-state index contributed by atoms with van der Waals surface area (Å²) in [4.78, 5) is 12.6. The SMILES string of the molecule is CCCN(CCC)S(=O)(=O)c1ccc(C(=O)NNC(=S)N[C@H]2C[C@@H]3C=C[C@@H]2C3)cc1. The summed E-state index contributed by atoms with van der Waals surface area (Å²) in [6.45, 7) is 4.86. The molecule has 0 heterocycles. The van der Waals surface area contributed by atoms with Crippen LogP contribution in [0.5, 0.6) is 0 Å². The summed E-state index contributed by atoms with van der Waals surface area (Å²) in [6, 6.07) is 6.27. The van der Waals surface area contributed by atoms with Gasteiger partial charge in [-0.05, 0) is 74.0 Å². The molecule has 1 aromatic rings. The van der Waals surface area contributed by atoms with Gasteiger partial charge in [0.05, 0.1) is 4.90 Å². The molecule has 2 aliphatic rings. The van der Waals surface area contributed by atoms with Crippen molar-refractivity contribution in [3.8, 4) is 0 Å². The second-order valence-electron chi connectivity index (χ2n) is 7.87. The van der Waals surface area contributed by atoms with Gasteiger partial charge in [0.1, 0.15) is 0 Å². The number of sulfonamides is 1. The second-order valence-corrected chi connectivity index (χ2v) is 10.2. The van der Waals surface area contributed by atoms with Crippen molar-refractivity contribution in [2.75, 3.05) is 13.1 Å². The molecule has 0 saturated heterocycles. The minimum absolute atomic E-state index is 0.190. The van der Waals surface area contributed by atoms with E-state index in [0.29, 0.717) is 41.6 Å². The Morgan fingerprint density at radius 3 is 2.27 bits per heavy atom. The van der Waals surface area contributed by atoms with Crippen LogP contribution in [0.15, 0.2) is 41.3 Å². The van der Waals surface area contributed by atoms with E-state index in [2.05, 4.69) is 28.3 Å². The maximum atomic E-state index is 12.8. The molecule has 3 rings (SSSR count). The Labute approximate surface area is 184 Å². The molecule has 2 aliphatic carbocycles. The van der Waals surface area contributed by atoms with Crippen LogP contribution in [0, 0.1) is 11.8 Å². The van der Waals surface area contributed by atoms with E-state index in [1.165, 1.54) is 28.6 Å². The van der Waals surface area contributed by atoms with Gasteiger partial charge in [0.15, 0.2) is 5.11 Å². The number of rotatable bonds is 8. The number of carbonyl (C=O) groups excluding carboxylic acids is 1. The van der Waals surface area contributed by atoms with E-state index in [1.54, 1.807) is 0 Å². The normalized spacial score (nSPS) is 22.3. The van der Waals surface area contributed by atoms with E-state index >= 15 is 0 Å². The Morgan fingerprint density at radius 1 is 1.07 bits per heavy atom. The van der Waals surface area contributed by atoms with Crippen LogP contribution in [0.4, 0.5) is 0 Å². The summed E-state index contributed by atoms with van der Waals surface area (Å²) < 4.78 is 27.1. The van der Waals surface area contributed by atoms with Gasteiger partial charge in [-0.1, -0.05) is 26.0 Å². The van der Waals surface area contributed by atoms with Crippen LogP contribution in [0.25, 0.3) is 0 Å². The maximum absolute atomic E-state index is 12.8. The second kappa shape index (κ2) is 9.89. The van der Waals surface area contributed by atoms with Gasteiger partial charge in [-0.3, -0.25) is 15.6 Å². The molecule has 164 valence electrons. The minimum atomic E-state index is -3.56. The first-order valence-corrected chi connectivity index (χ1v) is 12.3. The molecular formula is C21H30N4O3S2. The molecule has 2 bridgehead atoms. The highest BCUT2D eigenvalue weighted by molar-refractivity contribution is 7.89. The average molecular weight is 451 g/mol. The van der Waals surface area contributed by atoms with Crippen molar-refractivity contribution < 1.29 is 13.2 Å². The highest BCUT2D eigenvalue weighted by atomic mass is 32.2. The summed E-state index contributed by atoms with van der Waals surface area (Å²) in [6.07, 6.45) is 8.20. The molecule has 1 saturated carbocycles. The smallest absolute Gasteiger partial charge is 0.269 e. The van der Waals surface area contributed by atoms with Crippen molar-refractivity contribution in [1.29, 1.82) is 0 Å². The number of allylic oxidation sites excluding steroid dienone is 1. The van der Waals surface area contributed by atoms with Gasteiger partial charge in [-0.25, -0.2) is 8.42 Å². The van der Waals surface area contributed by atoms with E-state index in [1.807, 2.05) is 13.8 Å². The molecule has 1 fully saturated rings. The van der Waals surface area contributed by atoms with Crippen molar-refractivity contribution >= 4 is 33.3 Å². The van der Waals surface area contributed by atoms with Crippen LogP contribution in [-0.2, 0) is 10.0 Å². The number of hydrogen-bond donors (Lipinski definition) is 3. The molecule has 1 aromatic carbocycles. The lowest BCUT2D eigenvalue weighted by molar-refractivity contribution is 0.0943. The van der Waals surface area contributed by atoms with Gasteiger partial charge in [0, 0.05) is 24.7 Å². The Hall–Kier alpha value is -1.97. The third-order valence-electron chi connectivity index (χ3n) is 5.59. The summed E-state index contributed by atoms with van der Waals surface area (Å²) in [5.41, 5.74) is 5.65. The number of amides is 1. The number of hydrogen-bond acceptors (Lipinski definition) is 4. The van der Waals surface area contributed by atoms with Crippen molar-refractivity contribution in [3.63, 3.8) is 0 Å². The van der Waals surface area contributed by atoms with Gasteiger partial charge in [0.25, 0.3) is 5.91 Å². The summed E-state index contributed by atoms with van der Waals surface area (Å²) >= 11 is 5.28. The molecule has 0 radical (unpaired) electrons. The number of thiocarbonyl (C=S) groups is 1. The van der Waals surface area contributed by atoms with E-state index in [-0.39, 0.29) is 10.8 Å². The molecule has 0 spiro atoms. The van der Waals surface area contributed by atoms with Crippen LogP contribution in [0.3, 0.4) is 0 Å². The summed E-state index contributed by atoms with van der Waals surface area (Å²) in [5, 5.41) is 3.63. The molecule has 30 heavy (non-hydrogen) atoms. The Morgan fingerprint density at radius 2 is 1.73 bits per heavy atom. The van der Waals surface area contributed by atoms with Crippen LogP contribution in [0.2, 0.25) is 0 Å². The van der Waals surface area contributed by atoms with Gasteiger partial charge < -0.3 is 5.32 Å². The van der Waals surface area contributed by atoms with Crippen LogP contribution >= 0.6 is 12.2 Å². The van der Waals surface area contributed by atoms with Crippen molar-refractivity contribution in [2.45, 2.75) is 50.5 Å². The first-order valence-electron chi connectivity index (χ1n) is 10.5. The first-order chi connectivity index (χ1) is 14.3. The highest BCUT2D eigenvalue weighted by Crippen LogP contribution is 2.38. The van der Waals surface area contributed by atoms with Crippen LogP contribution in [0.1, 0.15) is 49.9 Å². The minimum Gasteiger partial charge on any atom is -0.358 e. The lowest BCUT2D eigenvalue weighted by Gasteiger charge is -2.22. The lowest BCUT2D eigenvalue weighted by Crippen LogP contribution is -2.50. The fourth-order valence-electron chi connectivity index (χ4n) is 4.12. The van der Waals surface area contributed by atoms with Crippen molar-refractivity contribution in [1.82, 2.24) is 20.5 Å². The third-order valence-corrected chi connectivity index (χ3v) is 7.72. The zero-order valence-corrected chi connectivity index (χ0v) is 19.1. The average Bonchev–Trinajstić information content (AvgIpc) is 3.35. The number of fused-ring (bicyclic) bond motifs is 2. The van der Waals surface area contributed by atoms with Gasteiger partial charge in [0.2, 0.25) is 10.0 Å². The monoisotopic (exact) mass is 450 g/mol. The van der Waals surface area contributed by atoms with E-state index in [4.69, 9.17) is 12.2 Å². The van der Waals surface area contributed by atoms with Crippen LogP contribution < -0.4 is 16.2 Å². The standard InChI is InChI=1S/C21H30N4O3S2/c1-3-11-25(12-4-2)30(27,28)18-9-7-16(8-10-18)20(26)23-24-21(29)22-19-14-15-5-6-17(19)13-15/h5-10,15,17,19H,3-4,11-14H2,1-2H3,(H,23,26)(H2,22,24,29)/t15-,17-,19+/m1/s1. The Bertz CT molecular complexity index is 893. The van der Waals surface area contributed by atoms with Gasteiger partial charge >= 0.3 is 0 Å². The molecule has 3 atom stereocenters. The molecule has 0 aromatic heterocycles. The number of nitrogens with zero attached hydrogens (tertiary/aromatic N) is 1. The quantitative estimate of drug-likeness (QED) is 0.320. The third kappa shape index (κ3) is 5.19. The number of carbonyl (C=O) groups is 1.